The topological polar surface area (TPSA) is 93.0 Å². The van der Waals surface area contributed by atoms with E-state index in [9.17, 15) is 9.59 Å². The second kappa shape index (κ2) is 10.6. The summed E-state index contributed by atoms with van der Waals surface area (Å²) in [5, 5.41) is 5.45. The smallest absolute Gasteiger partial charge is 0.258 e. The number of furan rings is 1. The predicted octanol–water partition coefficient (Wildman–Crippen LogP) is 1.27. The number of amides is 2. The number of rotatable bonds is 9. The Morgan fingerprint density at radius 1 is 1.07 bits per heavy atom. The summed E-state index contributed by atoms with van der Waals surface area (Å²) in [6.45, 7) is 4.89. The van der Waals surface area contributed by atoms with Crippen molar-refractivity contribution in [2.75, 3.05) is 46.0 Å². The Morgan fingerprint density at radius 2 is 1.83 bits per heavy atom. The molecule has 2 N–H and O–H groups in total. The van der Waals surface area contributed by atoms with Crippen LogP contribution < -0.4 is 15.4 Å². The third-order valence-electron chi connectivity index (χ3n) is 4.63. The molecule has 2 amide bonds. The number of carbonyl (C=O) groups excluding carboxylic acids is 2. The zero-order valence-corrected chi connectivity index (χ0v) is 16.6. The molecule has 1 aliphatic rings. The molecule has 1 saturated heterocycles. The Labute approximate surface area is 170 Å². The highest BCUT2D eigenvalue weighted by atomic mass is 16.5. The van der Waals surface area contributed by atoms with Crippen LogP contribution in [0.4, 0.5) is 0 Å². The molecule has 0 spiro atoms. The van der Waals surface area contributed by atoms with Crippen molar-refractivity contribution in [3.63, 3.8) is 0 Å². The van der Waals surface area contributed by atoms with E-state index in [0.29, 0.717) is 25.5 Å². The van der Waals surface area contributed by atoms with Crippen LogP contribution in [0.25, 0.3) is 0 Å². The largest absolute Gasteiger partial charge is 0.484 e. The number of hydrogen-bond acceptors (Lipinski definition) is 6. The molecule has 0 radical (unpaired) electrons. The average Bonchev–Trinajstić information content (AvgIpc) is 3.18. The van der Waals surface area contributed by atoms with E-state index in [4.69, 9.17) is 13.9 Å². The van der Waals surface area contributed by atoms with Crippen molar-refractivity contribution in [1.29, 1.82) is 0 Å². The van der Waals surface area contributed by atoms with Gasteiger partial charge in [0.05, 0.1) is 25.8 Å². The van der Waals surface area contributed by atoms with Crippen LogP contribution in [0, 0.1) is 6.92 Å². The van der Waals surface area contributed by atoms with Gasteiger partial charge in [0.2, 0.25) is 5.91 Å². The van der Waals surface area contributed by atoms with Gasteiger partial charge >= 0.3 is 0 Å². The van der Waals surface area contributed by atoms with Crippen molar-refractivity contribution in [3.05, 3.63) is 54.0 Å². The molecule has 0 aliphatic carbocycles. The van der Waals surface area contributed by atoms with E-state index in [-0.39, 0.29) is 31.0 Å². The van der Waals surface area contributed by atoms with Crippen LogP contribution in [0.2, 0.25) is 0 Å². The Bertz CT molecular complexity index is 787. The maximum Gasteiger partial charge on any atom is 0.258 e. The van der Waals surface area contributed by atoms with Crippen molar-refractivity contribution in [2.24, 2.45) is 0 Å². The molecule has 0 bridgehead atoms. The van der Waals surface area contributed by atoms with E-state index in [0.717, 1.165) is 24.6 Å². The normalized spacial score (nSPS) is 15.5. The lowest BCUT2D eigenvalue weighted by molar-refractivity contribution is -0.127. The Morgan fingerprint density at radius 3 is 2.52 bits per heavy atom. The molecule has 8 heteroatoms. The summed E-state index contributed by atoms with van der Waals surface area (Å²) < 4.78 is 16.6. The van der Waals surface area contributed by atoms with Crippen molar-refractivity contribution >= 4 is 11.8 Å². The minimum absolute atomic E-state index is 0.0753. The molecule has 2 aromatic rings. The van der Waals surface area contributed by atoms with Gasteiger partial charge in [-0.05, 0) is 31.2 Å². The molecule has 156 valence electrons. The lowest BCUT2D eigenvalue weighted by atomic mass is 10.1. The molecule has 0 saturated carbocycles. The second-order valence-corrected chi connectivity index (χ2v) is 6.80. The van der Waals surface area contributed by atoms with Crippen molar-refractivity contribution in [3.8, 4) is 5.75 Å². The number of ether oxygens (including phenoxy) is 2. The van der Waals surface area contributed by atoms with Crippen LogP contribution in [-0.4, -0.2) is 62.7 Å². The van der Waals surface area contributed by atoms with Crippen LogP contribution in [0.3, 0.4) is 0 Å². The number of nitrogens with zero attached hydrogens (tertiary/aromatic N) is 1. The highest BCUT2D eigenvalue weighted by Gasteiger charge is 2.25. The third kappa shape index (κ3) is 6.62. The molecule has 1 aliphatic heterocycles. The van der Waals surface area contributed by atoms with E-state index >= 15 is 0 Å². The number of para-hydroxylation sites is 1. The number of benzene rings is 1. The van der Waals surface area contributed by atoms with Gasteiger partial charge in [0.1, 0.15) is 17.3 Å². The van der Waals surface area contributed by atoms with Crippen LogP contribution in [-0.2, 0) is 14.3 Å². The first-order valence-electron chi connectivity index (χ1n) is 9.71. The minimum Gasteiger partial charge on any atom is -0.484 e. The van der Waals surface area contributed by atoms with Gasteiger partial charge in [0, 0.05) is 19.6 Å². The molecule has 29 heavy (non-hydrogen) atoms. The lowest BCUT2D eigenvalue weighted by Gasteiger charge is -2.33. The first kappa shape index (κ1) is 20.9. The van der Waals surface area contributed by atoms with Crippen molar-refractivity contribution < 1.29 is 23.5 Å². The summed E-state index contributed by atoms with van der Waals surface area (Å²) >= 11 is 0. The van der Waals surface area contributed by atoms with E-state index < -0.39 is 0 Å². The Hall–Kier alpha value is -2.84. The van der Waals surface area contributed by atoms with Crippen molar-refractivity contribution in [1.82, 2.24) is 15.5 Å². The number of morpholine rings is 1. The highest BCUT2D eigenvalue weighted by Crippen LogP contribution is 2.23. The van der Waals surface area contributed by atoms with Gasteiger partial charge in [-0.3, -0.25) is 14.5 Å². The molecule has 0 unspecified atom stereocenters. The van der Waals surface area contributed by atoms with Gasteiger partial charge in [-0.15, -0.1) is 0 Å². The molecule has 1 aromatic carbocycles. The van der Waals surface area contributed by atoms with Crippen LogP contribution >= 0.6 is 0 Å². The Balaban J connectivity index is 1.43. The van der Waals surface area contributed by atoms with Crippen molar-refractivity contribution in [2.45, 2.75) is 13.0 Å². The fourth-order valence-corrected chi connectivity index (χ4v) is 3.10. The molecule has 1 atom stereocenters. The molecular formula is C21H27N3O5. The fourth-order valence-electron chi connectivity index (χ4n) is 3.10. The monoisotopic (exact) mass is 401 g/mol. The summed E-state index contributed by atoms with van der Waals surface area (Å²) in [5.41, 5.74) is 0. The van der Waals surface area contributed by atoms with Gasteiger partial charge in [-0.25, -0.2) is 0 Å². The molecule has 1 fully saturated rings. The van der Waals surface area contributed by atoms with Crippen LogP contribution in [0.1, 0.15) is 17.6 Å². The summed E-state index contributed by atoms with van der Waals surface area (Å²) in [7, 11) is 0. The van der Waals surface area contributed by atoms with E-state index in [1.165, 1.54) is 0 Å². The van der Waals surface area contributed by atoms with Crippen LogP contribution in [0.5, 0.6) is 5.75 Å². The maximum absolute atomic E-state index is 12.2. The van der Waals surface area contributed by atoms with Gasteiger partial charge in [-0.2, -0.15) is 0 Å². The molecular weight excluding hydrogens is 374 g/mol. The maximum atomic E-state index is 12.2. The molecule has 1 aromatic heterocycles. The predicted molar refractivity (Wildman–Crippen MR) is 107 cm³/mol. The first-order valence-corrected chi connectivity index (χ1v) is 9.71. The summed E-state index contributed by atoms with van der Waals surface area (Å²) in [4.78, 5) is 26.3. The van der Waals surface area contributed by atoms with Gasteiger partial charge in [0.25, 0.3) is 5.91 Å². The average molecular weight is 401 g/mol. The lowest BCUT2D eigenvalue weighted by Crippen LogP contribution is -2.45. The summed E-state index contributed by atoms with van der Waals surface area (Å²) in [5.74, 6) is 1.63. The third-order valence-corrected chi connectivity index (χ3v) is 4.63. The zero-order chi connectivity index (χ0) is 20.5. The number of aryl methyl sites for hydroxylation is 1. The quantitative estimate of drug-likeness (QED) is 0.657. The zero-order valence-electron chi connectivity index (χ0n) is 16.6. The van der Waals surface area contributed by atoms with Crippen LogP contribution in [0.15, 0.2) is 46.9 Å². The van der Waals surface area contributed by atoms with Gasteiger partial charge < -0.3 is 24.5 Å². The first-order chi connectivity index (χ1) is 14.1. The molecule has 8 nitrogen and oxygen atoms in total. The van der Waals surface area contributed by atoms with E-state index in [2.05, 4.69) is 15.5 Å². The van der Waals surface area contributed by atoms with E-state index in [1.807, 2.05) is 37.3 Å². The highest BCUT2D eigenvalue weighted by molar-refractivity contribution is 5.85. The summed E-state index contributed by atoms with van der Waals surface area (Å²) in [6, 6.07) is 12.8. The van der Waals surface area contributed by atoms with Gasteiger partial charge in [-0.1, -0.05) is 18.2 Å². The summed E-state index contributed by atoms with van der Waals surface area (Å²) in [6.07, 6.45) is 0. The van der Waals surface area contributed by atoms with E-state index in [1.54, 1.807) is 12.1 Å². The second-order valence-electron chi connectivity index (χ2n) is 6.80. The molecule has 2 heterocycles. The number of hydrogen-bond donors (Lipinski definition) is 2. The standard InChI is InChI=1S/C21H27N3O5/c1-16-7-8-19(29-16)18(24-9-11-27-12-10-24)13-22-20(25)14-23-21(26)15-28-17-5-3-2-4-6-17/h2-8,18H,9-15H2,1H3,(H,22,25)(H,23,26)/t18-/m0/s1. The minimum atomic E-state index is -0.351. The van der Waals surface area contributed by atoms with Gasteiger partial charge in [0.15, 0.2) is 6.61 Å². The fraction of sp³-hybridized carbons (Fsp3) is 0.429. The Kier molecular flexibility index (Phi) is 7.66. The SMILES string of the molecule is Cc1ccc([C@H](CNC(=O)CNC(=O)COc2ccccc2)N2CCOCC2)o1. The molecule has 3 rings (SSSR count). The number of nitrogens with one attached hydrogen (secondary N) is 2. The number of carbonyl (C=O) groups is 2.